The maximum Gasteiger partial charge on any atom is 0.307 e. The van der Waals surface area contributed by atoms with Crippen LogP contribution in [0, 0.1) is 5.92 Å². The van der Waals surface area contributed by atoms with Gasteiger partial charge in [-0.25, -0.2) is 0 Å². The van der Waals surface area contributed by atoms with Gasteiger partial charge in [0.05, 0.1) is 5.92 Å². The minimum absolute atomic E-state index is 0.235. The fourth-order valence-electron chi connectivity index (χ4n) is 2.57. The van der Waals surface area contributed by atoms with Crippen LogP contribution in [0.25, 0.3) is 10.8 Å². The molecule has 0 aliphatic heterocycles. The molecule has 0 saturated carbocycles. The first kappa shape index (κ1) is 9.40. The average molecular weight is 212 g/mol. The van der Waals surface area contributed by atoms with Gasteiger partial charge >= 0.3 is 5.97 Å². The molecule has 16 heavy (non-hydrogen) atoms. The highest BCUT2D eigenvalue weighted by Gasteiger charge is 2.27. The molecule has 2 aromatic rings. The second-order valence-corrected chi connectivity index (χ2v) is 4.37. The molecule has 0 bridgehead atoms. The van der Waals surface area contributed by atoms with Gasteiger partial charge in [0.15, 0.2) is 0 Å². The fourth-order valence-corrected chi connectivity index (χ4v) is 2.57. The molecular weight excluding hydrogens is 200 g/mol. The highest BCUT2D eigenvalue weighted by atomic mass is 16.4. The van der Waals surface area contributed by atoms with Gasteiger partial charge in [0.2, 0.25) is 0 Å². The van der Waals surface area contributed by atoms with Gasteiger partial charge < -0.3 is 5.11 Å². The van der Waals surface area contributed by atoms with Crippen LogP contribution in [-0.2, 0) is 17.6 Å². The Morgan fingerprint density at radius 1 is 1.12 bits per heavy atom. The van der Waals surface area contributed by atoms with Crippen LogP contribution in [0.1, 0.15) is 11.1 Å². The zero-order valence-electron chi connectivity index (χ0n) is 8.81. The molecule has 1 N–H and O–H groups in total. The molecule has 2 nitrogen and oxygen atoms in total. The smallest absolute Gasteiger partial charge is 0.307 e. The van der Waals surface area contributed by atoms with Crippen molar-refractivity contribution in [3.05, 3.63) is 47.5 Å². The summed E-state index contributed by atoms with van der Waals surface area (Å²) in [6, 6.07) is 12.3. The Morgan fingerprint density at radius 3 is 2.75 bits per heavy atom. The van der Waals surface area contributed by atoms with Gasteiger partial charge in [0, 0.05) is 0 Å². The molecule has 80 valence electrons. The molecule has 0 heterocycles. The Balaban J connectivity index is 2.17. The maximum atomic E-state index is 11.0. The van der Waals surface area contributed by atoms with Crippen molar-refractivity contribution in [3.63, 3.8) is 0 Å². The van der Waals surface area contributed by atoms with Crippen LogP contribution in [0.15, 0.2) is 36.4 Å². The maximum absolute atomic E-state index is 11.0. The lowest BCUT2D eigenvalue weighted by Crippen LogP contribution is -2.12. The number of aliphatic carboxylic acids is 1. The van der Waals surface area contributed by atoms with Gasteiger partial charge in [-0.15, -0.1) is 0 Å². The second-order valence-electron chi connectivity index (χ2n) is 4.37. The van der Waals surface area contributed by atoms with E-state index in [-0.39, 0.29) is 5.92 Å². The minimum Gasteiger partial charge on any atom is -0.481 e. The molecule has 2 aromatic carbocycles. The van der Waals surface area contributed by atoms with Crippen LogP contribution < -0.4 is 0 Å². The molecule has 1 aliphatic carbocycles. The summed E-state index contributed by atoms with van der Waals surface area (Å²) in [6.45, 7) is 0. The molecule has 0 amide bonds. The Hall–Kier alpha value is -1.83. The van der Waals surface area contributed by atoms with E-state index >= 15 is 0 Å². The Kier molecular flexibility index (Phi) is 1.96. The average Bonchev–Trinajstić information content (AvgIpc) is 2.73. The summed E-state index contributed by atoms with van der Waals surface area (Å²) in [7, 11) is 0. The lowest BCUT2D eigenvalue weighted by atomic mass is 10.0. The zero-order chi connectivity index (χ0) is 11.1. The third-order valence-corrected chi connectivity index (χ3v) is 3.40. The van der Waals surface area contributed by atoms with Crippen LogP contribution in [0.4, 0.5) is 0 Å². The summed E-state index contributed by atoms with van der Waals surface area (Å²) in [5.74, 6) is -0.916. The number of benzene rings is 2. The van der Waals surface area contributed by atoms with Gasteiger partial charge in [-0.05, 0) is 34.7 Å². The number of carboxylic acid groups (broad SMARTS) is 1. The van der Waals surface area contributed by atoms with E-state index in [2.05, 4.69) is 24.3 Å². The highest BCUT2D eigenvalue weighted by molar-refractivity contribution is 5.88. The zero-order valence-corrected chi connectivity index (χ0v) is 8.81. The highest BCUT2D eigenvalue weighted by Crippen LogP contribution is 2.32. The van der Waals surface area contributed by atoms with Crippen molar-refractivity contribution in [1.29, 1.82) is 0 Å². The topological polar surface area (TPSA) is 37.3 Å². The van der Waals surface area contributed by atoms with Gasteiger partial charge in [-0.1, -0.05) is 36.4 Å². The quantitative estimate of drug-likeness (QED) is 0.789. The predicted molar refractivity (Wildman–Crippen MR) is 62.5 cm³/mol. The lowest BCUT2D eigenvalue weighted by Gasteiger charge is -2.04. The third kappa shape index (κ3) is 1.30. The Bertz CT molecular complexity index is 572. The molecule has 2 heteroatoms. The SMILES string of the molecule is O=C(O)C1Cc2ccc3ccccc3c2C1. The third-order valence-electron chi connectivity index (χ3n) is 3.40. The summed E-state index contributed by atoms with van der Waals surface area (Å²) in [6.07, 6.45) is 1.35. The summed E-state index contributed by atoms with van der Waals surface area (Å²) in [5.41, 5.74) is 2.43. The van der Waals surface area contributed by atoms with Gasteiger partial charge in [0.25, 0.3) is 0 Å². The normalized spacial score (nSPS) is 18.6. The van der Waals surface area contributed by atoms with E-state index in [9.17, 15) is 4.79 Å². The van der Waals surface area contributed by atoms with E-state index in [1.165, 1.54) is 21.9 Å². The number of hydrogen-bond donors (Lipinski definition) is 1. The van der Waals surface area contributed by atoms with E-state index in [0.29, 0.717) is 12.8 Å². The standard InChI is InChI=1S/C14H12O2/c15-14(16)11-7-10-6-5-9-3-1-2-4-12(9)13(10)8-11/h1-6,11H,7-8H2,(H,15,16). The molecule has 1 unspecified atom stereocenters. The molecule has 0 saturated heterocycles. The van der Waals surface area contributed by atoms with E-state index in [4.69, 9.17) is 5.11 Å². The molecule has 0 fully saturated rings. The Labute approximate surface area is 93.5 Å². The molecule has 1 atom stereocenters. The van der Waals surface area contributed by atoms with E-state index in [0.717, 1.165) is 0 Å². The van der Waals surface area contributed by atoms with E-state index < -0.39 is 5.97 Å². The van der Waals surface area contributed by atoms with Crippen LogP contribution in [-0.4, -0.2) is 11.1 Å². The predicted octanol–water partition coefficient (Wildman–Crippen LogP) is 2.64. The van der Waals surface area contributed by atoms with E-state index in [1.807, 2.05) is 12.1 Å². The second kappa shape index (κ2) is 3.34. The molecule has 0 radical (unpaired) electrons. The van der Waals surface area contributed by atoms with Crippen molar-refractivity contribution in [2.45, 2.75) is 12.8 Å². The molecule has 0 aromatic heterocycles. The number of hydrogen-bond acceptors (Lipinski definition) is 1. The van der Waals surface area contributed by atoms with E-state index in [1.54, 1.807) is 0 Å². The van der Waals surface area contributed by atoms with Crippen LogP contribution in [0.5, 0.6) is 0 Å². The first-order valence-corrected chi connectivity index (χ1v) is 5.48. The van der Waals surface area contributed by atoms with Crippen molar-refractivity contribution < 1.29 is 9.90 Å². The largest absolute Gasteiger partial charge is 0.481 e. The van der Waals surface area contributed by atoms with Gasteiger partial charge in [-0.3, -0.25) is 4.79 Å². The minimum atomic E-state index is -0.680. The fraction of sp³-hybridized carbons (Fsp3) is 0.214. The van der Waals surface area contributed by atoms with Crippen molar-refractivity contribution >= 4 is 16.7 Å². The first-order chi connectivity index (χ1) is 7.75. The molecule has 0 spiro atoms. The molecule has 3 rings (SSSR count). The first-order valence-electron chi connectivity index (χ1n) is 5.48. The summed E-state index contributed by atoms with van der Waals surface area (Å²) in [4.78, 5) is 11.0. The van der Waals surface area contributed by atoms with Crippen molar-refractivity contribution in [1.82, 2.24) is 0 Å². The van der Waals surface area contributed by atoms with Crippen molar-refractivity contribution in [2.24, 2.45) is 5.92 Å². The number of rotatable bonds is 1. The summed E-state index contributed by atoms with van der Waals surface area (Å²) >= 11 is 0. The molecule has 1 aliphatic rings. The van der Waals surface area contributed by atoms with Crippen LogP contribution in [0.3, 0.4) is 0 Å². The van der Waals surface area contributed by atoms with Crippen LogP contribution in [0.2, 0.25) is 0 Å². The Morgan fingerprint density at radius 2 is 1.94 bits per heavy atom. The van der Waals surface area contributed by atoms with Gasteiger partial charge in [0.1, 0.15) is 0 Å². The number of fused-ring (bicyclic) bond motifs is 3. The lowest BCUT2D eigenvalue weighted by molar-refractivity contribution is -0.141. The number of carbonyl (C=O) groups is 1. The van der Waals surface area contributed by atoms with Crippen LogP contribution >= 0.6 is 0 Å². The molecular formula is C14H12O2. The monoisotopic (exact) mass is 212 g/mol. The summed E-state index contributed by atoms with van der Waals surface area (Å²) < 4.78 is 0. The van der Waals surface area contributed by atoms with Gasteiger partial charge in [-0.2, -0.15) is 0 Å². The summed E-state index contributed by atoms with van der Waals surface area (Å²) in [5, 5.41) is 11.5. The van der Waals surface area contributed by atoms with Crippen molar-refractivity contribution in [3.8, 4) is 0 Å². The van der Waals surface area contributed by atoms with Crippen molar-refractivity contribution in [2.75, 3.05) is 0 Å². The number of carboxylic acids is 1.